The van der Waals surface area contributed by atoms with E-state index >= 15 is 0 Å². The van der Waals surface area contributed by atoms with Gasteiger partial charge in [-0.3, -0.25) is 9.59 Å². The number of methoxy groups -OCH3 is 2. The number of fused-ring (bicyclic) bond motifs is 1. The zero-order chi connectivity index (χ0) is 20.8. The molecule has 0 saturated carbocycles. The molecule has 0 aliphatic carbocycles. The number of halogens is 1. The van der Waals surface area contributed by atoms with Gasteiger partial charge in [-0.1, -0.05) is 30.3 Å². The van der Waals surface area contributed by atoms with E-state index in [9.17, 15) is 14.0 Å². The summed E-state index contributed by atoms with van der Waals surface area (Å²) < 4.78 is 23.8. The molecule has 0 bridgehead atoms. The van der Waals surface area contributed by atoms with Crippen LogP contribution in [0.25, 0.3) is 0 Å². The van der Waals surface area contributed by atoms with Crippen molar-refractivity contribution in [3.05, 3.63) is 71.0 Å². The maximum Gasteiger partial charge on any atom is 0.254 e. The van der Waals surface area contributed by atoms with E-state index in [2.05, 4.69) is 5.32 Å². The van der Waals surface area contributed by atoms with E-state index in [0.717, 1.165) is 0 Å². The summed E-state index contributed by atoms with van der Waals surface area (Å²) in [7, 11) is 3.12. The number of hydrogen-bond donors (Lipinski definition) is 1. The number of ether oxygens (including phenoxy) is 2. The first-order valence-corrected chi connectivity index (χ1v) is 9.49. The molecular formula is C22H25FN2O4. The van der Waals surface area contributed by atoms with E-state index in [-0.39, 0.29) is 17.6 Å². The molecule has 6 nitrogen and oxygen atoms in total. The summed E-state index contributed by atoms with van der Waals surface area (Å²) in [6.07, 6.45) is 0. The zero-order valence-corrected chi connectivity index (χ0v) is 16.6. The normalized spacial score (nSPS) is 18.4. The van der Waals surface area contributed by atoms with Crippen LogP contribution in [0.4, 0.5) is 4.39 Å². The van der Waals surface area contributed by atoms with E-state index < -0.39 is 12.0 Å². The number of carbonyl (C=O) groups is 2. The first-order chi connectivity index (χ1) is 14.1. The average Bonchev–Trinajstić information content (AvgIpc) is 2.73. The van der Waals surface area contributed by atoms with Crippen LogP contribution in [0.2, 0.25) is 0 Å². The van der Waals surface area contributed by atoms with Gasteiger partial charge >= 0.3 is 0 Å². The summed E-state index contributed by atoms with van der Waals surface area (Å²) in [6.45, 7) is 1.38. The molecule has 1 aliphatic rings. The Bertz CT molecular complexity index is 856. The Morgan fingerprint density at radius 3 is 2.45 bits per heavy atom. The number of hydrogen-bond acceptors (Lipinski definition) is 4. The fraction of sp³-hybridized carbons (Fsp3) is 0.364. The van der Waals surface area contributed by atoms with Crippen molar-refractivity contribution in [2.24, 2.45) is 0 Å². The third-order valence-corrected chi connectivity index (χ3v) is 5.07. The molecule has 0 saturated heterocycles. The minimum atomic E-state index is -0.636. The first-order valence-electron chi connectivity index (χ1n) is 9.49. The third kappa shape index (κ3) is 4.46. The molecule has 0 radical (unpaired) electrons. The molecule has 3 rings (SSSR count). The van der Waals surface area contributed by atoms with E-state index in [0.29, 0.717) is 43.0 Å². The fourth-order valence-electron chi connectivity index (χ4n) is 3.73. The molecule has 2 aromatic carbocycles. The molecule has 0 unspecified atom stereocenters. The molecular weight excluding hydrogens is 375 g/mol. The summed E-state index contributed by atoms with van der Waals surface area (Å²) in [6, 6.07) is 12.5. The first kappa shape index (κ1) is 21.0. The molecule has 2 aromatic rings. The van der Waals surface area contributed by atoms with Gasteiger partial charge < -0.3 is 19.7 Å². The van der Waals surface area contributed by atoms with Crippen molar-refractivity contribution in [3.8, 4) is 0 Å². The van der Waals surface area contributed by atoms with Crippen molar-refractivity contribution in [1.82, 2.24) is 10.2 Å². The molecule has 1 N–H and O–H groups in total. The molecule has 29 heavy (non-hydrogen) atoms. The van der Waals surface area contributed by atoms with Crippen molar-refractivity contribution >= 4 is 11.8 Å². The molecule has 0 aromatic heterocycles. The van der Waals surface area contributed by atoms with Gasteiger partial charge in [-0.15, -0.1) is 0 Å². The minimum absolute atomic E-state index is 0.173. The van der Waals surface area contributed by atoms with Crippen LogP contribution in [0, 0.1) is 5.82 Å². The molecule has 0 fully saturated rings. The summed E-state index contributed by atoms with van der Waals surface area (Å²) >= 11 is 0. The molecule has 2 amide bonds. The third-order valence-electron chi connectivity index (χ3n) is 5.07. The fourth-order valence-corrected chi connectivity index (χ4v) is 3.73. The number of rotatable bonds is 8. The van der Waals surface area contributed by atoms with Crippen LogP contribution in [0.5, 0.6) is 0 Å². The van der Waals surface area contributed by atoms with Gasteiger partial charge in [0.25, 0.3) is 5.91 Å². The predicted octanol–water partition coefficient (Wildman–Crippen LogP) is 2.52. The lowest BCUT2D eigenvalue weighted by atomic mass is 9.79. The average molecular weight is 400 g/mol. The summed E-state index contributed by atoms with van der Waals surface area (Å²) in [5, 5.41) is 2.89. The van der Waals surface area contributed by atoms with E-state index in [1.54, 1.807) is 49.5 Å². The highest BCUT2D eigenvalue weighted by atomic mass is 19.1. The zero-order valence-electron chi connectivity index (χ0n) is 16.6. The predicted molar refractivity (Wildman–Crippen MR) is 106 cm³/mol. The number of nitrogens with one attached hydrogen (secondary N) is 1. The Kier molecular flexibility index (Phi) is 6.95. The van der Waals surface area contributed by atoms with Crippen molar-refractivity contribution < 1.29 is 23.5 Å². The Hall–Kier alpha value is -2.77. The Balaban J connectivity index is 2.09. The smallest absolute Gasteiger partial charge is 0.254 e. The second-order valence-electron chi connectivity index (χ2n) is 6.84. The quantitative estimate of drug-likeness (QED) is 0.692. The Labute approximate surface area is 169 Å². The minimum Gasteiger partial charge on any atom is -0.383 e. The van der Waals surface area contributed by atoms with Crippen molar-refractivity contribution in [2.45, 2.75) is 12.0 Å². The Morgan fingerprint density at radius 2 is 1.76 bits per heavy atom. The van der Waals surface area contributed by atoms with Gasteiger partial charge in [-0.25, -0.2) is 4.39 Å². The maximum atomic E-state index is 13.5. The van der Waals surface area contributed by atoms with Crippen LogP contribution in [-0.4, -0.2) is 57.2 Å². The van der Waals surface area contributed by atoms with Gasteiger partial charge in [-0.05, 0) is 29.3 Å². The maximum absolute atomic E-state index is 13.5. The number of amides is 2. The number of benzene rings is 2. The molecule has 1 aliphatic heterocycles. The van der Waals surface area contributed by atoms with Gasteiger partial charge in [-0.2, -0.15) is 0 Å². The summed E-state index contributed by atoms with van der Waals surface area (Å²) in [4.78, 5) is 28.1. The monoisotopic (exact) mass is 400 g/mol. The number of carbonyl (C=O) groups excluding carboxylic acids is 2. The lowest BCUT2D eigenvalue weighted by Crippen LogP contribution is -2.48. The largest absolute Gasteiger partial charge is 0.383 e. The van der Waals surface area contributed by atoms with Crippen LogP contribution in [0.3, 0.4) is 0 Å². The summed E-state index contributed by atoms with van der Waals surface area (Å²) in [5.41, 5.74) is 1.85. The van der Waals surface area contributed by atoms with Gasteiger partial charge in [0.1, 0.15) is 5.82 Å². The van der Waals surface area contributed by atoms with E-state index in [4.69, 9.17) is 9.47 Å². The van der Waals surface area contributed by atoms with Gasteiger partial charge in [0.15, 0.2) is 0 Å². The summed E-state index contributed by atoms with van der Waals surface area (Å²) in [5.74, 6) is -1.39. The highest BCUT2D eigenvalue weighted by Gasteiger charge is 2.43. The second kappa shape index (κ2) is 9.62. The van der Waals surface area contributed by atoms with Crippen LogP contribution < -0.4 is 5.32 Å². The molecule has 7 heteroatoms. The van der Waals surface area contributed by atoms with Gasteiger partial charge in [0.05, 0.1) is 25.2 Å². The highest BCUT2D eigenvalue weighted by Crippen LogP contribution is 2.42. The topological polar surface area (TPSA) is 67.9 Å². The van der Waals surface area contributed by atoms with E-state index in [1.807, 2.05) is 6.07 Å². The van der Waals surface area contributed by atoms with Crippen LogP contribution in [0.15, 0.2) is 48.5 Å². The van der Waals surface area contributed by atoms with Crippen LogP contribution in [-0.2, 0) is 14.3 Å². The lowest BCUT2D eigenvalue weighted by molar-refractivity contribution is -0.124. The standard InChI is InChI=1S/C22H25FN2O4/c1-28-13-11-24-21(26)19-17-5-3-4-6-18(17)22(27)25(12-14-29-2)20(19)15-7-9-16(23)10-8-15/h3-10,19-20H,11-14H2,1-2H3,(H,24,26)/t19-,20-/m0/s1. The van der Waals surface area contributed by atoms with Crippen molar-refractivity contribution in [1.29, 1.82) is 0 Å². The van der Waals surface area contributed by atoms with Gasteiger partial charge in [0, 0.05) is 32.9 Å². The SMILES string of the molecule is COCCNC(=O)[C@H]1c2ccccc2C(=O)N(CCOC)[C@H]1c1ccc(F)cc1. The van der Waals surface area contributed by atoms with Crippen molar-refractivity contribution in [3.63, 3.8) is 0 Å². The van der Waals surface area contributed by atoms with Crippen molar-refractivity contribution in [2.75, 3.05) is 40.5 Å². The van der Waals surface area contributed by atoms with Gasteiger partial charge in [0.2, 0.25) is 5.91 Å². The van der Waals surface area contributed by atoms with Crippen LogP contribution in [0.1, 0.15) is 33.4 Å². The molecule has 154 valence electrons. The lowest BCUT2D eigenvalue weighted by Gasteiger charge is -2.41. The highest BCUT2D eigenvalue weighted by molar-refractivity contribution is 6.01. The second-order valence-corrected chi connectivity index (χ2v) is 6.84. The molecule has 2 atom stereocenters. The Morgan fingerprint density at radius 1 is 1.07 bits per heavy atom. The van der Waals surface area contributed by atoms with E-state index in [1.165, 1.54) is 12.1 Å². The molecule has 0 spiro atoms. The molecule has 1 heterocycles. The number of nitrogens with zero attached hydrogens (tertiary/aromatic N) is 1. The van der Waals surface area contributed by atoms with Crippen LogP contribution >= 0.6 is 0 Å².